The zero-order valence-corrected chi connectivity index (χ0v) is 17.5. The van der Waals surface area contributed by atoms with Crippen molar-refractivity contribution in [1.29, 1.82) is 0 Å². The first kappa shape index (κ1) is 22.7. The van der Waals surface area contributed by atoms with Gasteiger partial charge < -0.3 is 9.47 Å². The molecule has 2 aliphatic carbocycles. The van der Waals surface area contributed by atoms with Crippen molar-refractivity contribution in [1.82, 2.24) is 0 Å². The Balaban J connectivity index is 0.000000187. The van der Waals surface area contributed by atoms with Crippen LogP contribution in [-0.2, 0) is 26.5 Å². The molecule has 0 saturated heterocycles. The van der Waals surface area contributed by atoms with Crippen molar-refractivity contribution in [2.24, 2.45) is 21.8 Å². The van der Waals surface area contributed by atoms with Gasteiger partial charge in [0, 0.05) is 17.1 Å². The van der Waals surface area contributed by atoms with Crippen LogP contribution in [0.3, 0.4) is 0 Å². The standard InChI is InChI=1S/2C11H14NO.Fe/c2*1-8(2)10-7-13-11(12-10)9-5-3-4-6-9;/h2*3-6,8,10H,7H2,1-2H3;/t2*10-;/m11./s1. The van der Waals surface area contributed by atoms with Crippen LogP contribution < -0.4 is 0 Å². The Hall–Kier alpha value is -0.541. The van der Waals surface area contributed by atoms with Gasteiger partial charge in [0.1, 0.15) is 13.2 Å². The van der Waals surface area contributed by atoms with Crippen LogP contribution in [-0.4, -0.2) is 37.1 Å². The largest absolute Gasteiger partial charge is 0.478 e. The van der Waals surface area contributed by atoms with Crippen molar-refractivity contribution < 1.29 is 26.5 Å². The van der Waals surface area contributed by atoms with E-state index in [2.05, 4.69) is 37.7 Å². The molecule has 2 atom stereocenters. The van der Waals surface area contributed by atoms with Gasteiger partial charge in [0.05, 0.1) is 23.9 Å². The van der Waals surface area contributed by atoms with Gasteiger partial charge in [-0.2, -0.15) is 0 Å². The number of ether oxygens (including phenoxy) is 2. The topological polar surface area (TPSA) is 43.2 Å². The molecule has 0 spiro atoms. The van der Waals surface area contributed by atoms with Crippen LogP contribution in [0.25, 0.3) is 0 Å². The molecule has 0 N–H and O–H groups in total. The fraction of sp³-hybridized carbons (Fsp3) is 0.455. The number of aliphatic imine (C=N–C) groups is 2. The van der Waals surface area contributed by atoms with E-state index in [4.69, 9.17) is 9.47 Å². The van der Waals surface area contributed by atoms with Crippen molar-refractivity contribution in [2.45, 2.75) is 39.8 Å². The summed E-state index contributed by atoms with van der Waals surface area (Å²) in [6, 6.07) is 0.676. The van der Waals surface area contributed by atoms with Crippen LogP contribution in [0.1, 0.15) is 27.7 Å². The normalized spacial score (nSPS) is 28.4. The van der Waals surface area contributed by atoms with Crippen molar-refractivity contribution in [3.8, 4) is 0 Å². The van der Waals surface area contributed by atoms with Crippen LogP contribution in [0.5, 0.6) is 0 Å². The minimum absolute atomic E-state index is 0. The summed E-state index contributed by atoms with van der Waals surface area (Å²) in [5, 5.41) is 0. The fourth-order valence-corrected chi connectivity index (χ4v) is 2.81. The van der Waals surface area contributed by atoms with E-state index in [1.165, 1.54) is 0 Å². The molecular weight excluding hydrogens is 380 g/mol. The Bertz CT molecular complexity index is 460. The molecule has 0 aromatic rings. The first-order chi connectivity index (χ1) is 12.5. The SMILES string of the molecule is CC(C)[C@H]1COC([C]2[CH][CH][CH][CH]2)=N1.CC(C)[C@H]1COC([C]2[CH][CH][CH][CH]2)=N1.[Fe]. The number of nitrogens with zero attached hydrogens (tertiary/aromatic N) is 2. The van der Waals surface area contributed by atoms with E-state index in [9.17, 15) is 0 Å². The minimum atomic E-state index is 0. The van der Waals surface area contributed by atoms with Gasteiger partial charge in [-0.3, -0.25) is 0 Å². The molecule has 0 aromatic heterocycles. The van der Waals surface area contributed by atoms with Gasteiger partial charge in [0.15, 0.2) is 11.8 Å². The average molecular weight is 408 g/mol. The molecule has 0 amide bonds. The van der Waals surface area contributed by atoms with Gasteiger partial charge in [-0.05, 0) is 63.2 Å². The summed E-state index contributed by atoms with van der Waals surface area (Å²) in [5.41, 5.74) is 0. The van der Waals surface area contributed by atoms with Crippen LogP contribution in [0, 0.1) is 75.0 Å². The van der Waals surface area contributed by atoms with E-state index in [1.54, 1.807) is 0 Å². The van der Waals surface area contributed by atoms with E-state index in [0.717, 1.165) is 36.8 Å². The van der Waals surface area contributed by atoms with E-state index in [-0.39, 0.29) is 17.1 Å². The van der Waals surface area contributed by atoms with Crippen LogP contribution in [0.4, 0.5) is 0 Å². The first-order valence-corrected chi connectivity index (χ1v) is 9.40. The average Bonchev–Trinajstić information content (AvgIpc) is 3.44. The molecule has 5 heteroatoms. The second kappa shape index (κ2) is 10.9. The van der Waals surface area contributed by atoms with E-state index >= 15 is 0 Å². The third-order valence-corrected chi connectivity index (χ3v) is 4.71. The molecule has 146 valence electrons. The number of rotatable bonds is 4. The molecule has 0 bridgehead atoms. The molecule has 4 aliphatic rings. The third-order valence-electron chi connectivity index (χ3n) is 4.71. The number of hydrogen-bond acceptors (Lipinski definition) is 4. The van der Waals surface area contributed by atoms with Crippen molar-refractivity contribution in [2.75, 3.05) is 13.2 Å². The molecule has 2 heterocycles. The molecule has 2 aliphatic heterocycles. The predicted octanol–water partition coefficient (Wildman–Crippen LogP) is 3.69. The van der Waals surface area contributed by atoms with E-state index in [0.29, 0.717) is 23.9 Å². The van der Waals surface area contributed by atoms with Crippen LogP contribution in [0.2, 0.25) is 0 Å². The minimum Gasteiger partial charge on any atom is -0.478 e. The monoisotopic (exact) mass is 408 g/mol. The quantitative estimate of drug-likeness (QED) is 0.666. The summed E-state index contributed by atoms with van der Waals surface area (Å²) < 4.78 is 11.0. The van der Waals surface area contributed by atoms with Crippen molar-refractivity contribution in [3.63, 3.8) is 0 Å². The van der Waals surface area contributed by atoms with Gasteiger partial charge in [0.2, 0.25) is 0 Å². The summed E-state index contributed by atoms with van der Waals surface area (Å²) in [6.45, 7) is 10.2. The summed E-state index contributed by atoms with van der Waals surface area (Å²) in [5.74, 6) is 4.94. The smallest absolute Gasteiger partial charge is 0.191 e. The predicted molar refractivity (Wildman–Crippen MR) is 105 cm³/mol. The summed E-state index contributed by atoms with van der Waals surface area (Å²) in [4.78, 5) is 9.05. The maximum Gasteiger partial charge on any atom is 0.191 e. The molecule has 2 saturated carbocycles. The maximum absolute atomic E-state index is 5.52. The zero-order valence-electron chi connectivity index (χ0n) is 16.4. The van der Waals surface area contributed by atoms with Crippen molar-refractivity contribution >= 4 is 11.8 Å². The number of hydrogen-bond donors (Lipinski definition) is 0. The molecule has 27 heavy (non-hydrogen) atoms. The summed E-state index contributed by atoms with van der Waals surface area (Å²) in [7, 11) is 0. The fourth-order valence-electron chi connectivity index (χ4n) is 2.81. The molecule has 4 nitrogen and oxygen atoms in total. The van der Waals surface area contributed by atoms with Gasteiger partial charge in [0.25, 0.3) is 0 Å². The second-order valence-electron chi connectivity index (χ2n) is 7.46. The zero-order chi connectivity index (χ0) is 18.5. The Morgan fingerprint density at radius 3 is 1.30 bits per heavy atom. The Morgan fingerprint density at radius 2 is 1.04 bits per heavy atom. The molecule has 2 fully saturated rings. The van der Waals surface area contributed by atoms with Gasteiger partial charge >= 0.3 is 0 Å². The summed E-state index contributed by atoms with van der Waals surface area (Å²) >= 11 is 0. The van der Waals surface area contributed by atoms with Gasteiger partial charge in [-0.1, -0.05) is 27.7 Å². The van der Waals surface area contributed by atoms with E-state index < -0.39 is 0 Å². The van der Waals surface area contributed by atoms with Crippen LogP contribution in [0.15, 0.2) is 9.98 Å². The Morgan fingerprint density at radius 1 is 0.704 bits per heavy atom. The Kier molecular flexibility index (Phi) is 9.14. The molecule has 0 aromatic carbocycles. The first-order valence-electron chi connectivity index (χ1n) is 9.40. The molecular formula is C22H28FeN2O2. The third kappa shape index (κ3) is 6.22. The van der Waals surface area contributed by atoms with Gasteiger partial charge in [-0.15, -0.1) is 0 Å². The maximum atomic E-state index is 5.52. The molecule has 0 unspecified atom stereocenters. The molecule has 10 radical (unpaired) electrons. The van der Waals surface area contributed by atoms with Gasteiger partial charge in [-0.25, -0.2) is 9.98 Å². The summed E-state index contributed by atoms with van der Waals surface area (Å²) in [6.07, 6.45) is 16.1. The molecule has 4 rings (SSSR count). The van der Waals surface area contributed by atoms with Crippen LogP contribution >= 0.6 is 0 Å². The second-order valence-corrected chi connectivity index (χ2v) is 7.46. The Labute approximate surface area is 176 Å². The van der Waals surface area contributed by atoms with E-state index in [1.807, 2.05) is 51.4 Å². The van der Waals surface area contributed by atoms with Crippen molar-refractivity contribution in [3.05, 3.63) is 63.2 Å².